The summed E-state index contributed by atoms with van der Waals surface area (Å²) in [6.45, 7) is 7.21. The summed E-state index contributed by atoms with van der Waals surface area (Å²) in [6.07, 6.45) is 3.37. The van der Waals surface area contributed by atoms with Gasteiger partial charge in [-0.25, -0.2) is 0 Å². The molecule has 164 valence electrons. The number of hydrogen-bond donors (Lipinski definition) is 1. The second-order valence-corrected chi connectivity index (χ2v) is 9.27. The van der Waals surface area contributed by atoms with Crippen LogP contribution in [0.3, 0.4) is 0 Å². The molecule has 2 unspecified atom stereocenters. The van der Waals surface area contributed by atoms with E-state index in [9.17, 15) is 0 Å². The van der Waals surface area contributed by atoms with E-state index < -0.39 is 0 Å². The number of rotatable bonds is 9. The highest BCUT2D eigenvalue weighted by molar-refractivity contribution is 5.45. The van der Waals surface area contributed by atoms with E-state index in [1.165, 1.54) is 16.8 Å². The first-order valence-corrected chi connectivity index (χ1v) is 11.1. The van der Waals surface area contributed by atoms with Gasteiger partial charge in [-0.1, -0.05) is 24.3 Å². The van der Waals surface area contributed by atoms with Gasteiger partial charge in [-0.2, -0.15) is 0 Å². The Balaban J connectivity index is 1.61. The van der Waals surface area contributed by atoms with Crippen molar-refractivity contribution in [2.24, 2.45) is 5.92 Å². The third kappa shape index (κ3) is 6.23. The molecule has 2 atom stereocenters. The molecular weight excluding hydrogens is 372 g/mol. The average Bonchev–Trinajstić information content (AvgIpc) is 2.73. The van der Waals surface area contributed by atoms with E-state index in [0.29, 0.717) is 11.8 Å². The number of hydrogen-bond acceptors (Lipinski definition) is 4. The molecule has 0 aromatic heterocycles. The number of benzene rings is 2. The fourth-order valence-electron chi connectivity index (χ4n) is 4.55. The molecule has 4 heteroatoms. The minimum atomic E-state index is -0.0325. The van der Waals surface area contributed by atoms with Gasteiger partial charge in [-0.05, 0) is 86.9 Å². The summed E-state index contributed by atoms with van der Waals surface area (Å²) in [4.78, 5) is 2.13. The van der Waals surface area contributed by atoms with Crippen molar-refractivity contribution in [2.75, 3.05) is 39.3 Å². The molecular formula is C26H38N2O2. The van der Waals surface area contributed by atoms with E-state index in [0.717, 1.165) is 44.7 Å². The maximum atomic E-state index is 5.99. The van der Waals surface area contributed by atoms with E-state index in [1.807, 2.05) is 0 Å². The third-order valence-corrected chi connectivity index (χ3v) is 6.26. The first-order valence-electron chi connectivity index (χ1n) is 11.1. The van der Waals surface area contributed by atoms with E-state index in [4.69, 9.17) is 9.47 Å². The van der Waals surface area contributed by atoms with Crippen molar-refractivity contribution in [3.8, 4) is 5.75 Å². The predicted molar refractivity (Wildman–Crippen MR) is 126 cm³/mol. The van der Waals surface area contributed by atoms with Crippen molar-refractivity contribution in [2.45, 2.75) is 51.2 Å². The monoisotopic (exact) mass is 410 g/mol. The highest BCUT2D eigenvalue weighted by atomic mass is 16.5. The Morgan fingerprint density at radius 2 is 1.80 bits per heavy atom. The van der Waals surface area contributed by atoms with E-state index in [1.54, 1.807) is 7.11 Å². The lowest BCUT2D eigenvalue weighted by Crippen LogP contribution is -2.36. The van der Waals surface area contributed by atoms with Gasteiger partial charge in [0.1, 0.15) is 5.75 Å². The van der Waals surface area contributed by atoms with Crippen LogP contribution in [0.1, 0.15) is 50.2 Å². The minimum absolute atomic E-state index is 0.0325. The van der Waals surface area contributed by atoms with Crippen LogP contribution in [0.4, 0.5) is 5.69 Å². The first-order chi connectivity index (χ1) is 14.4. The largest absolute Gasteiger partial charge is 0.497 e. The third-order valence-electron chi connectivity index (χ3n) is 6.26. The smallest absolute Gasteiger partial charge is 0.118 e. The van der Waals surface area contributed by atoms with Gasteiger partial charge in [-0.15, -0.1) is 0 Å². The fourth-order valence-corrected chi connectivity index (χ4v) is 4.55. The standard InChI is InChI=1S/C26H38N2O2/c1-26(2)18-22(15-17-30-26)25(21-8-12-24(29-5)13-9-21)14-16-27-19-20-6-10-23(11-7-20)28(3)4/h6-13,22,25,27H,14-19H2,1-5H3. The summed E-state index contributed by atoms with van der Waals surface area (Å²) in [5, 5.41) is 3.66. The van der Waals surface area contributed by atoms with Crippen LogP contribution >= 0.6 is 0 Å². The highest BCUT2D eigenvalue weighted by Gasteiger charge is 2.33. The van der Waals surface area contributed by atoms with Crippen LogP contribution in [0.25, 0.3) is 0 Å². The molecule has 0 spiro atoms. The number of ether oxygens (including phenoxy) is 2. The fraction of sp³-hybridized carbons (Fsp3) is 0.538. The van der Waals surface area contributed by atoms with Gasteiger partial charge < -0.3 is 19.7 Å². The van der Waals surface area contributed by atoms with Crippen LogP contribution in [0.2, 0.25) is 0 Å². The van der Waals surface area contributed by atoms with Gasteiger partial charge >= 0.3 is 0 Å². The van der Waals surface area contributed by atoms with Crippen molar-refractivity contribution in [3.63, 3.8) is 0 Å². The quantitative estimate of drug-likeness (QED) is 0.574. The van der Waals surface area contributed by atoms with Gasteiger partial charge in [0.25, 0.3) is 0 Å². The first kappa shape index (κ1) is 22.6. The molecule has 3 rings (SSSR count). The Labute approximate surface area is 182 Å². The van der Waals surface area contributed by atoms with Crippen molar-refractivity contribution >= 4 is 5.69 Å². The lowest BCUT2D eigenvalue weighted by molar-refractivity contribution is -0.0771. The van der Waals surface area contributed by atoms with Gasteiger partial charge in [0.15, 0.2) is 0 Å². The molecule has 4 nitrogen and oxygen atoms in total. The second-order valence-electron chi connectivity index (χ2n) is 9.27. The molecule has 1 aliphatic rings. The highest BCUT2D eigenvalue weighted by Crippen LogP contribution is 2.40. The summed E-state index contributed by atoms with van der Waals surface area (Å²) >= 11 is 0. The van der Waals surface area contributed by atoms with Gasteiger partial charge in [-0.3, -0.25) is 0 Å². The van der Waals surface area contributed by atoms with E-state index in [2.05, 4.69) is 86.7 Å². The van der Waals surface area contributed by atoms with Crippen molar-refractivity contribution < 1.29 is 9.47 Å². The lowest BCUT2D eigenvalue weighted by atomic mass is 9.75. The van der Waals surface area contributed by atoms with Crippen molar-refractivity contribution in [1.29, 1.82) is 0 Å². The van der Waals surface area contributed by atoms with Crippen molar-refractivity contribution in [3.05, 3.63) is 59.7 Å². The topological polar surface area (TPSA) is 33.7 Å². The summed E-state index contributed by atoms with van der Waals surface area (Å²) in [5.41, 5.74) is 3.94. The molecule has 0 bridgehead atoms. The summed E-state index contributed by atoms with van der Waals surface area (Å²) < 4.78 is 11.4. The number of nitrogens with one attached hydrogen (secondary N) is 1. The molecule has 2 aromatic rings. The number of nitrogens with zero attached hydrogens (tertiary/aromatic N) is 1. The minimum Gasteiger partial charge on any atom is -0.497 e. The molecule has 0 amide bonds. The molecule has 1 N–H and O–H groups in total. The number of anilines is 1. The van der Waals surface area contributed by atoms with Crippen LogP contribution in [0.5, 0.6) is 5.75 Å². The Bertz CT molecular complexity index is 769. The van der Waals surface area contributed by atoms with Crippen LogP contribution in [0, 0.1) is 5.92 Å². The predicted octanol–water partition coefficient (Wildman–Crippen LogP) is 5.23. The van der Waals surface area contributed by atoms with Gasteiger partial charge in [0, 0.05) is 32.9 Å². The molecule has 2 aromatic carbocycles. The maximum absolute atomic E-state index is 5.99. The average molecular weight is 411 g/mol. The normalized spacial score (nSPS) is 19.3. The van der Waals surface area contributed by atoms with Crippen LogP contribution in [-0.4, -0.2) is 40.0 Å². The SMILES string of the molecule is COc1ccc(C(CCNCc2ccc(N(C)C)cc2)C2CCOC(C)(C)C2)cc1. The van der Waals surface area contributed by atoms with Crippen LogP contribution in [-0.2, 0) is 11.3 Å². The molecule has 30 heavy (non-hydrogen) atoms. The molecule has 0 radical (unpaired) electrons. The zero-order valence-corrected chi connectivity index (χ0v) is 19.3. The Morgan fingerprint density at radius 3 is 2.40 bits per heavy atom. The summed E-state index contributed by atoms with van der Waals surface area (Å²) in [7, 11) is 5.87. The molecule has 0 saturated carbocycles. The Kier molecular flexibility index (Phi) is 7.79. The van der Waals surface area contributed by atoms with E-state index >= 15 is 0 Å². The maximum Gasteiger partial charge on any atom is 0.118 e. The van der Waals surface area contributed by atoms with Gasteiger partial charge in [0.05, 0.1) is 12.7 Å². The van der Waals surface area contributed by atoms with Crippen LogP contribution in [0.15, 0.2) is 48.5 Å². The van der Waals surface area contributed by atoms with Crippen LogP contribution < -0.4 is 15.0 Å². The Hall–Kier alpha value is -2.04. The van der Waals surface area contributed by atoms with Crippen molar-refractivity contribution in [1.82, 2.24) is 5.32 Å². The Morgan fingerprint density at radius 1 is 1.10 bits per heavy atom. The zero-order chi connectivity index (χ0) is 21.6. The lowest BCUT2D eigenvalue weighted by Gasteiger charge is -2.39. The zero-order valence-electron chi connectivity index (χ0n) is 19.3. The number of methoxy groups -OCH3 is 1. The molecule has 1 heterocycles. The molecule has 0 aliphatic carbocycles. The van der Waals surface area contributed by atoms with Gasteiger partial charge in [0.2, 0.25) is 0 Å². The molecule has 1 aliphatic heterocycles. The molecule has 1 fully saturated rings. The summed E-state index contributed by atoms with van der Waals surface area (Å²) in [6, 6.07) is 17.5. The summed E-state index contributed by atoms with van der Waals surface area (Å²) in [5.74, 6) is 2.09. The second kappa shape index (κ2) is 10.3. The van der Waals surface area contributed by atoms with E-state index in [-0.39, 0.29) is 5.60 Å². The molecule has 1 saturated heterocycles.